The van der Waals surface area contributed by atoms with Gasteiger partial charge in [0.2, 0.25) is 0 Å². The molecule has 0 saturated carbocycles. The zero-order chi connectivity index (χ0) is 22.7. The molecule has 0 N–H and O–H groups in total. The molecule has 3 aliphatic rings. The quantitative estimate of drug-likeness (QED) is 0.277. The first kappa shape index (κ1) is 26.3. The van der Waals surface area contributed by atoms with Crippen LogP contribution in [0, 0.1) is 34.5 Å². The Balaban J connectivity index is 0.000000910. The van der Waals surface area contributed by atoms with E-state index in [1.54, 1.807) is 0 Å². The van der Waals surface area contributed by atoms with Crippen molar-refractivity contribution < 1.29 is 21.1 Å². The van der Waals surface area contributed by atoms with Crippen LogP contribution < -0.4 is 0 Å². The van der Waals surface area contributed by atoms with E-state index in [4.69, 9.17) is 23.7 Å². The average Bonchev–Trinajstić information content (AvgIpc) is 3.26. The Kier molecular flexibility index (Phi) is 8.56. The van der Waals surface area contributed by atoms with E-state index in [1.165, 1.54) is 22.1 Å². The summed E-state index contributed by atoms with van der Waals surface area (Å²) in [5.41, 5.74) is 2.98. The van der Waals surface area contributed by atoms with Gasteiger partial charge < -0.3 is 42.2 Å². The Morgan fingerprint density at radius 3 is 1.32 bits per heavy atom. The molecule has 4 rings (SSSR count). The van der Waals surface area contributed by atoms with Gasteiger partial charge in [0.15, 0.2) is 0 Å². The molecular weight excluding hydrogens is 567 g/mol. The van der Waals surface area contributed by atoms with Crippen molar-refractivity contribution in [1.29, 1.82) is 10.5 Å². The summed E-state index contributed by atoms with van der Waals surface area (Å²) in [4.78, 5) is 0. The molecular formula is C24H30N6Pt-4. The zero-order valence-corrected chi connectivity index (χ0v) is 21.3. The van der Waals surface area contributed by atoms with Crippen LogP contribution in [-0.2, 0) is 34.2 Å². The smallest absolute Gasteiger partial charge is 0.00395 e. The van der Waals surface area contributed by atoms with Crippen LogP contribution >= 0.6 is 0 Å². The number of nitrogens with zero attached hydrogens (tertiary/aromatic N) is 6. The Hall–Kier alpha value is -2.69. The topological polar surface area (TPSA) is 67.3 Å². The fourth-order valence-corrected chi connectivity index (χ4v) is 3.83. The van der Waals surface area contributed by atoms with Crippen LogP contribution in [0.3, 0.4) is 0 Å². The molecule has 0 aliphatic carbocycles. The van der Waals surface area contributed by atoms with Crippen LogP contribution in [0.2, 0.25) is 0 Å². The Labute approximate surface area is 199 Å². The molecule has 31 heavy (non-hydrogen) atoms. The van der Waals surface area contributed by atoms with Gasteiger partial charge in [0.25, 0.3) is 0 Å². The predicted octanol–water partition coefficient (Wildman–Crippen LogP) is 5.74. The van der Waals surface area contributed by atoms with E-state index in [0.717, 1.165) is 13.1 Å². The van der Waals surface area contributed by atoms with Crippen molar-refractivity contribution in [3.8, 4) is 11.4 Å². The summed E-state index contributed by atoms with van der Waals surface area (Å²) >= 11 is 0. The van der Waals surface area contributed by atoms with E-state index in [9.17, 15) is 0 Å². The van der Waals surface area contributed by atoms with Gasteiger partial charge in [-0.2, -0.15) is 0 Å². The number of aromatic nitrogens is 4. The minimum Gasteiger partial charge on any atom is -0.512 e. The number of hydrogen-bond acceptors (Lipinski definition) is 2. The third-order valence-corrected chi connectivity index (χ3v) is 4.61. The van der Waals surface area contributed by atoms with Crippen molar-refractivity contribution >= 4 is 10.8 Å². The summed E-state index contributed by atoms with van der Waals surface area (Å²) in [6, 6.07) is 8.72. The molecule has 0 aromatic heterocycles. The van der Waals surface area contributed by atoms with Gasteiger partial charge in [-0.1, -0.05) is 88.0 Å². The first-order chi connectivity index (χ1) is 14.1. The van der Waals surface area contributed by atoms with Gasteiger partial charge in [-0.25, -0.2) is 0 Å². The molecule has 6 nitrogen and oxygen atoms in total. The van der Waals surface area contributed by atoms with Crippen molar-refractivity contribution in [3.63, 3.8) is 0 Å². The van der Waals surface area contributed by atoms with Crippen molar-refractivity contribution in [2.24, 2.45) is 10.8 Å². The number of benzene rings is 1. The largest absolute Gasteiger partial charge is 0.512 e. The number of rotatable bonds is 2. The van der Waals surface area contributed by atoms with Crippen molar-refractivity contribution in [1.82, 2.24) is 18.5 Å². The maximum absolute atomic E-state index is 6.25. The van der Waals surface area contributed by atoms with Gasteiger partial charge in [0.05, 0.1) is 0 Å². The van der Waals surface area contributed by atoms with Gasteiger partial charge in [0.1, 0.15) is 0 Å². The zero-order valence-electron chi connectivity index (χ0n) is 19.0. The van der Waals surface area contributed by atoms with E-state index in [-0.39, 0.29) is 31.9 Å². The standard InChI is InChI=1S/C22H30N4.2CN.Pt/c1-21(2,3)13-23-11-19-17-9-7-8-10-18(17)20-12-24(14-22(4,5)6)16-26(20)25(19)15-23;2*1-2;/h7-12,15-16H,13-14H2,1-6H3;;;/q-2;2*-1;. The second kappa shape index (κ2) is 10.1. The summed E-state index contributed by atoms with van der Waals surface area (Å²) in [7, 11) is 0. The fourth-order valence-electron chi connectivity index (χ4n) is 3.83. The second-order valence-corrected chi connectivity index (χ2v) is 9.96. The summed E-state index contributed by atoms with van der Waals surface area (Å²) in [6.07, 6.45) is 9.01. The molecule has 3 aliphatic heterocycles. The third-order valence-electron chi connectivity index (χ3n) is 4.61. The molecule has 0 bridgehead atoms. The number of imidazole rings is 2. The van der Waals surface area contributed by atoms with Gasteiger partial charge in [-0.3, -0.25) is 0 Å². The van der Waals surface area contributed by atoms with E-state index in [2.05, 4.69) is 109 Å². The molecule has 3 heterocycles. The third kappa shape index (κ3) is 5.93. The Bertz CT molecular complexity index is 1020. The number of hydrogen-bond donors (Lipinski definition) is 0. The van der Waals surface area contributed by atoms with Gasteiger partial charge >= 0.3 is 0 Å². The number of fused-ring (bicyclic) bond motifs is 6. The summed E-state index contributed by atoms with van der Waals surface area (Å²) < 4.78 is 9.19. The van der Waals surface area contributed by atoms with Gasteiger partial charge in [0, 0.05) is 34.2 Å². The molecule has 0 atom stereocenters. The van der Waals surface area contributed by atoms with Crippen LogP contribution in [0.5, 0.6) is 0 Å². The monoisotopic (exact) mass is 597 g/mol. The molecule has 0 fully saturated rings. The molecule has 1 aromatic rings. The molecule has 0 radical (unpaired) electrons. The molecule has 170 valence electrons. The molecule has 0 spiro atoms. The molecule has 0 saturated heterocycles. The van der Waals surface area contributed by atoms with Crippen LogP contribution in [0.15, 0.2) is 49.3 Å². The van der Waals surface area contributed by atoms with E-state index < -0.39 is 0 Å². The summed E-state index contributed by atoms with van der Waals surface area (Å²) in [5, 5.41) is 15.1. The Morgan fingerprint density at radius 2 is 1.03 bits per heavy atom. The molecule has 1 aromatic carbocycles. The summed E-state index contributed by atoms with van der Waals surface area (Å²) in [6.45, 7) is 25.2. The minimum absolute atomic E-state index is 0. The first-order valence-corrected chi connectivity index (χ1v) is 9.89. The van der Waals surface area contributed by atoms with Crippen LogP contribution in [0.1, 0.15) is 41.5 Å². The van der Waals surface area contributed by atoms with Crippen molar-refractivity contribution in [3.05, 3.63) is 62.5 Å². The minimum atomic E-state index is 0. The average molecular weight is 598 g/mol. The fraction of sp³-hybridized carbons (Fsp3) is 0.417. The van der Waals surface area contributed by atoms with E-state index in [1.807, 2.05) is 0 Å². The molecule has 0 unspecified atom stereocenters. The maximum Gasteiger partial charge on any atom is 0.00395 e. The van der Waals surface area contributed by atoms with Crippen LogP contribution in [0.4, 0.5) is 0 Å². The van der Waals surface area contributed by atoms with Gasteiger partial charge in [-0.05, 0) is 23.5 Å². The summed E-state index contributed by atoms with van der Waals surface area (Å²) in [5.74, 6) is 0. The maximum atomic E-state index is 6.25. The van der Waals surface area contributed by atoms with Crippen molar-refractivity contribution in [2.45, 2.75) is 54.6 Å². The van der Waals surface area contributed by atoms with Crippen LogP contribution in [0.25, 0.3) is 22.1 Å². The van der Waals surface area contributed by atoms with Crippen LogP contribution in [-0.4, -0.2) is 18.5 Å². The van der Waals surface area contributed by atoms with E-state index in [0.29, 0.717) is 0 Å². The normalized spacial score (nSPS) is 11.3. The predicted molar refractivity (Wildman–Crippen MR) is 119 cm³/mol. The second-order valence-electron chi connectivity index (χ2n) is 9.96. The Morgan fingerprint density at radius 1 is 0.710 bits per heavy atom. The first-order valence-electron chi connectivity index (χ1n) is 9.89. The molecule has 0 amide bonds. The van der Waals surface area contributed by atoms with Gasteiger partial charge in [-0.15, -0.1) is 12.4 Å². The van der Waals surface area contributed by atoms with Crippen molar-refractivity contribution in [2.75, 3.05) is 0 Å². The van der Waals surface area contributed by atoms with E-state index >= 15 is 0 Å². The molecule has 7 heteroatoms. The SMILES string of the molecule is CC(C)(C)Cn1cc2c3ccccc3c3cn(CC(C)(C)C)[cH-]n-3n-2[cH-]1.[C-]#N.[C-]#N.[Pt].